The van der Waals surface area contributed by atoms with Crippen LogP contribution in [0.4, 0.5) is 0 Å². The first-order valence-electron chi connectivity index (χ1n) is 8.35. The number of rotatable bonds is 5. The van der Waals surface area contributed by atoms with Crippen molar-refractivity contribution in [2.45, 2.75) is 32.4 Å². The van der Waals surface area contributed by atoms with Gasteiger partial charge >= 0.3 is 0 Å². The third kappa shape index (κ3) is 3.76. The third-order valence-electron chi connectivity index (χ3n) is 4.41. The Bertz CT molecular complexity index is 705. The number of amides is 1. The van der Waals surface area contributed by atoms with Gasteiger partial charge in [-0.05, 0) is 49.6 Å². The fourth-order valence-corrected chi connectivity index (χ4v) is 2.97. The maximum absolute atomic E-state index is 12.3. The van der Waals surface area contributed by atoms with Gasteiger partial charge in [-0.3, -0.25) is 9.48 Å². The van der Waals surface area contributed by atoms with E-state index < -0.39 is 0 Å². The summed E-state index contributed by atoms with van der Waals surface area (Å²) in [6.07, 6.45) is 4.13. The monoisotopic (exact) mass is 328 g/mol. The summed E-state index contributed by atoms with van der Waals surface area (Å²) in [4.78, 5) is 12.3. The number of carbonyl (C=O) groups is 1. The van der Waals surface area contributed by atoms with Crippen LogP contribution in [0.3, 0.4) is 0 Å². The molecule has 6 heteroatoms. The second-order valence-electron chi connectivity index (χ2n) is 6.17. The molecule has 1 unspecified atom stereocenters. The van der Waals surface area contributed by atoms with Gasteiger partial charge < -0.3 is 15.4 Å². The Balaban J connectivity index is 1.60. The number of ether oxygens (including phenoxy) is 1. The minimum Gasteiger partial charge on any atom is -0.496 e. The van der Waals surface area contributed by atoms with E-state index in [1.54, 1.807) is 13.2 Å². The fraction of sp³-hybridized carbons (Fsp3) is 0.444. The van der Waals surface area contributed by atoms with Crippen LogP contribution >= 0.6 is 0 Å². The SMILES string of the molecule is COc1cc(CNC(=O)c2ccn(C3CCCNC3)n2)ccc1C. The number of aromatic nitrogens is 2. The molecule has 24 heavy (non-hydrogen) atoms. The molecule has 2 N–H and O–H groups in total. The van der Waals surface area contributed by atoms with E-state index >= 15 is 0 Å². The van der Waals surface area contributed by atoms with E-state index in [0.29, 0.717) is 18.3 Å². The summed E-state index contributed by atoms with van der Waals surface area (Å²) in [7, 11) is 1.65. The zero-order valence-electron chi connectivity index (χ0n) is 14.2. The minimum absolute atomic E-state index is 0.155. The van der Waals surface area contributed by atoms with E-state index in [9.17, 15) is 4.79 Å². The summed E-state index contributed by atoms with van der Waals surface area (Å²) >= 11 is 0. The Labute approximate surface area is 142 Å². The standard InChI is InChI=1S/C18H24N4O2/c1-13-5-6-14(10-17(13)24-2)11-20-18(23)16-7-9-22(21-16)15-4-3-8-19-12-15/h5-7,9-10,15,19H,3-4,8,11-12H2,1-2H3,(H,20,23). The molecule has 1 fully saturated rings. The molecule has 0 saturated carbocycles. The Kier molecular flexibility index (Phi) is 5.15. The highest BCUT2D eigenvalue weighted by Crippen LogP contribution is 2.19. The second kappa shape index (κ2) is 7.49. The lowest BCUT2D eigenvalue weighted by molar-refractivity contribution is 0.0944. The van der Waals surface area contributed by atoms with Gasteiger partial charge in [0, 0.05) is 19.3 Å². The Morgan fingerprint density at radius 1 is 1.46 bits per heavy atom. The van der Waals surface area contributed by atoms with Crippen LogP contribution in [0.1, 0.15) is 40.5 Å². The average Bonchev–Trinajstić information content (AvgIpc) is 3.12. The summed E-state index contributed by atoms with van der Waals surface area (Å²) in [5.41, 5.74) is 2.54. The minimum atomic E-state index is -0.155. The predicted octanol–water partition coefficient (Wildman–Crippen LogP) is 2.05. The lowest BCUT2D eigenvalue weighted by atomic mass is 10.1. The third-order valence-corrected chi connectivity index (χ3v) is 4.41. The van der Waals surface area contributed by atoms with Crippen LogP contribution in [0, 0.1) is 6.92 Å². The molecule has 0 radical (unpaired) electrons. The Morgan fingerprint density at radius 3 is 3.08 bits per heavy atom. The summed E-state index contributed by atoms with van der Waals surface area (Å²) in [5, 5.41) is 10.7. The number of piperidine rings is 1. The zero-order valence-corrected chi connectivity index (χ0v) is 14.2. The quantitative estimate of drug-likeness (QED) is 0.881. The Morgan fingerprint density at radius 2 is 2.33 bits per heavy atom. The van der Waals surface area contributed by atoms with Gasteiger partial charge in [0.1, 0.15) is 11.4 Å². The van der Waals surface area contributed by atoms with Crippen molar-refractivity contribution in [3.8, 4) is 5.75 Å². The van der Waals surface area contributed by atoms with Gasteiger partial charge in [0.25, 0.3) is 5.91 Å². The highest BCUT2D eigenvalue weighted by atomic mass is 16.5. The van der Waals surface area contributed by atoms with Gasteiger partial charge in [-0.2, -0.15) is 5.10 Å². The van der Waals surface area contributed by atoms with Crippen molar-refractivity contribution in [3.63, 3.8) is 0 Å². The van der Waals surface area contributed by atoms with Crippen LogP contribution in [0.15, 0.2) is 30.5 Å². The molecule has 2 heterocycles. The molecule has 1 aromatic heterocycles. The molecule has 128 valence electrons. The van der Waals surface area contributed by atoms with Gasteiger partial charge in [0.15, 0.2) is 0 Å². The van der Waals surface area contributed by atoms with Gasteiger partial charge in [-0.25, -0.2) is 0 Å². The van der Waals surface area contributed by atoms with Crippen molar-refractivity contribution < 1.29 is 9.53 Å². The molecular weight excluding hydrogens is 304 g/mol. The van der Waals surface area contributed by atoms with Crippen molar-refractivity contribution >= 4 is 5.91 Å². The molecule has 1 aromatic carbocycles. The normalized spacial score (nSPS) is 17.5. The number of hydrogen-bond donors (Lipinski definition) is 2. The van der Waals surface area contributed by atoms with Crippen molar-refractivity contribution in [1.82, 2.24) is 20.4 Å². The first-order chi connectivity index (χ1) is 11.7. The molecule has 1 amide bonds. The number of hydrogen-bond acceptors (Lipinski definition) is 4. The van der Waals surface area contributed by atoms with Gasteiger partial charge in [-0.15, -0.1) is 0 Å². The van der Waals surface area contributed by atoms with E-state index in [4.69, 9.17) is 4.74 Å². The molecule has 6 nitrogen and oxygen atoms in total. The molecular formula is C18H24N4O2. The number of aryl methyl sites for hydroxylation is 1. The van der Waals surface area contributed by atoms with E-state index in [1.807, 2.05) is 36.0 Å². The lowest BCUT2D eigenvalue weighted by Crippen LogP contribution is -2.32. The summed E-state index contributed by atoms with van der Waals surface area (Å²) < 4.78 is 7.21. The van der Waals surface area contributed by atoms with Gasteiger partial charge in [-0.1, -0.05) is 12.1 Å². The van der Waals surface area contributed by atoms with E-state index in [2.05, 4.69) is 15.7 Å². The van der Waals surface area contributed by atoms with E-state index in [-0.39, 0.29) is 5.91 Å². The summed E-state index contributed by atoms with van der Waals surface area (Å²) in [6.45, 7) is 4.41. The molecule has 3 rings (SSSR count). The zero-order chi connectivity index (χ0) is 16.9. The molecule has 1 aliphatic rings. The van der Waals surface area contributed by atoms with Crippen LogP contribution in [-0.4, -0.2) is 35.9 Å². The van der Waals surface area contributed by atoms with Gasteiger partial charge in [0.2, 0.25) is 0 Å². The maximum atomic E-state index is 12.3. The number of carbonyl (C=O) groups excluding carboxylic acids is 1. The topological polar surface area (TPSA) is 68.2 Å². The molecule has 1 atom stereocenters. The Hall–Kier alpha value is -2.34. The van der Waals surface area contributed by atoms with Crippen LogP contribution < -0.4 is 15.4 Å². The number of nitrogens with one attached hydrogen (secondary N) is 2. The molecule has 2 aromatic rings. The van der Waals surface area contributed by atoms with Crippen LogP contribution in [-0.2, 0) is 6.54 Å². The van der Waals surface area contributed by atoms with E-state index in [0.717, 1.165) is 42.8 Å². The van der Waals surface area contributed by atoms with Crippen LogP contribution in [0.5, 0.6) is 5.75 Å². The number of nitrogens with zero attached hydrogens (tertiary/aromatic N) is 2. The second-order valence-corrected chi connectivity index (χ2v) is 6.17. The largest absolute Gasteiger partial charge is 0.496 e. The highest BCUT2D eigenvalue weighted by molar-refractivity contribution is 5.92. The summed E-state index contributed by atoms with van der Waals surface area (Å²) in [6, 6.07) is 8.04. The highest BCUT2D eigenvalue weighted by Gasteiger charge is 2.17. The first kappa shape index (κ1) is 16.5. The van der Waals surface area contributed by atoms with E-state index in [1.165, 1.54) is 0 Å². The predicted molar refractivity (Wildman–Crippen MR) is 92.3 cm³/mol. The average molecular weight is 328 g/mol. The molecule has 1 saturated heterocycles. The molecule has 0 bridgehead atoms. The fourth-order valence-electron chi connectivity index (χ4n) is 2.97. The van der Waals surface area contributed by atoms with Crippen molar-refractivity contribution in [3.05, 3.63) is 47.3 Å². The van der Waals surface area contributed by atoms with Crippen molar-refractivity contribution in [2.75, 3.05) is 20.2 Å². The summed E-state index contributed by atoms with van der Waals surface area (Å²) in [5.74, 6) is 0.674. The number of benzene rings is 1. The van der Waals surface area contributed by atoms with Crippen LogP contribution in [0.25, 0.3) is 0 Å². The first-order valence-corrected chi connectivity index (χ1v) is 8.35. The number of methoxy groups -OCH3 is 1. The van der Waals surface area contributed by atoms with Crippen LogP contribution in [0.2, 0.25) is 0 Å². The maximum Gasteiger partial charge on any atom is 0.272 e. The molecule has 1 aliphatic heterocycles. The smallest absolute Gasteiger partial charge is 0.272 e. The van der Waals surface area contributed by atoms with Crippen molar-refractivity contribution in [1.29, 1.82) is 0 Å². The van der Waals surface area contributed by atoms with Gasteiger partial charge in [0.05, 0.1) is 13.2 Å². The molecule has 0 spiro atoms. The lowest BCUT2D eigenvalue weighted by Gasteiger charge is -2.22. The van der Waals surface area contributed by atoms with Crippen molar-refractivity contribution in [2.24, 2.45) is 0 Å². The molecule has 0 aliphatic carbocycles.